The van der Waals surface area contributed by atoms with Crippen molar-refractivity contribution in [2.75, 3.05) is 26.2 Å². The maximum Gasteiger partial charge on any atom is 0.222 e. The number of carbonyl (C=O) groups excluding carboxylic acids is 2. The van der Waals surface area contributed by atoms with Crippen LogP contribution in [0.3, 0.4) is 0 Å². The average Bonchev–Trinajstić information content (AvgIpc) is 3.26. The van der Waals surface area contributed by atoms with Crippen molar-refractivity contribution in [3.05, 3.63) is 84.2 Å². The fraction of sp³-hybridized carbons (Fsp3) is 0.323. The van der Waals surface area contributed by atoms with E-state index in [0.29, 0.717) is 17.9 Å². The molecule has 0 radical (unpaired) electrons. The van der Waals surface area contributed by atoms with Gasteiger partial charge in [0.15, 0.2) is 5.78 Å². The van der Waals surface area contributed by atoms with Gasteiger partial charge in [-0.1, -0.05) is 68.4 Å². The third-order valence-corrected chi connectivity index (χ3v) is 7.07. The Morgan fingerprint density at radius 2 is 1.51 bits per heavy atom. The van der Waals surface area contributed by atoms with E-state index in [1.807, 2.05) is 47.4 Å². The quantitative estimate of drug-likeness (QED) is 0.316. The van der Waals surface area contributed by atoms with Crippen LogP contribution in [0.4, 0.5) is 0 Å². The second-order valence-corrected chi connectivity index (χ2v) is 10.3. The summed E-state index contributed by atoms with van der Waals surface area (Å²) >= 11 is 0. The van der Waals surface area contributed by atoms with Gasteiger partial charge >= 0.3 is 0 Å². The van der Waals surface area contributed by atoms with Gasteiger partial charge in [0, 0.05) is 56.5 Å². The van der Waals surface area contributed by atoms with Gasteiger partial charge in [-0.2, -0.15) is 0 Å². The molecule has 1 aliphatic heterocycles. The number of rotatable bonds is 7. The van der Waals surface area contributed by atoms with Crippen LogP contribution in [-0.4, -0.2) is 57.1 Å². The van der Waals surface area contributed by atoms with Crippen molar-refractivity contribution in [3.63, 3.8) is 0 Å². The molecule has 1 fully saturated rings. The van der Waals surface area contributed by atoms with E-state index in [1.54, 1.807) is 6.92 Å². The molecule has 190 valence electrons. The summed E-state index contributed by atoms with van der Waals surface area (Å²) in [6, 6.07) is 22.2. The van der Waals surface area contributed by atoms with Crippen LogP contribution in [0.2, 0.25) is 0 Å². The van der Waals surface area contributed by atoms with Gasteiger partial charge in [0.05, 0.1) is 11.4 Å². The topological polar surface area (TPSA) is 57.9 Å². The zero-order chi connectivity index (χ0) is 25.9. The summed E-state index contributed by atoms with van der Waals surface area (Å²) in [6.07, 6.45) is 2.76. The minimum Gasteiger partial charge on any atom is -0.340 e. The van der Waals surface area contributed by atoms with Gasteiger partial charge in [-0.05, 0) is 36.1 Å². The van der Waals surface area contributed by atoms with E-state index < -0.39 is 0 Å². The highest BCUT2D eigenvalue weighted by Gasteiger charge is 2.24. The van der Waals surface area contributed by atoms with E-state index in [1.165, 1.54) is 0 Å². The van der Waals surface area contributed by atoms with Crippen molar-refractivity contribution in [2.45, 2.75) is 33.7 Å². The SMILES string of the molecule is CC(=O)c1ccc(-c2ccc3nc(-c4ccccc4)c(CN4CCN(C(=O)CC(C)C)CC4)n3c2)cc1. The molecule has 1 aliphatic rings. The first-order valence-corrected chi connectivity index (χ1v) is 13.1. The molecule has 3 heterocycles. The van der Waals surface area contributed by atoms with E-state index in [-0.39, 0.29) is 11.7 Å². The molecule has 0 atom stereocenters. The number of hydrogen-bond acceptors (Lipinski definition) is 4. The second kappa shape index (κ2) is 10.7. The van der Waals surface area contributed by atoms with Crippen LogP contribution in [0.5, 0.6) is 0 Å². The molecule has 6 heteroatoms. The molecule has 0 saturated carbocycles. The number of aromatic nitrogens is 2. The first-order chi connectivity index (χ1) is 17.9. The third kappa shape index (κ3) is 5.49. The summed E-state index contributed by atoms with van der Waals surface area (Å²) in [5.74, 6) is 0.706. The summed E-state index contributed by atoms with van der Waals surface area (Å²) in [5, 5.41) is 0. The number of Topliss-reactive ketones (excluding diaryl/α,β-unsaturated/α-hetero) is 1. The lowest BCUT2D eigenvalue weighted by Gasteiger charge is -2.35. The number of carbonyl (C=O) groups is 2. The van der Waals surface area contributed by atoms with Crippen molar-refractivity contribution in [3.8, 4) is 22.4 Å². The standard InChI is InChI=1S/C31H34N4O2/c1-22(2)19-30(37)34-17-15-33(16-18-34)21-28-31(26-7-5-4-6-8-26)32-29-14-13-27(20-35(28)29)25-11-9-24(10-12-25)23(3)36/h4-14,20,22H,15-19,21H2,1-3H3. The zero-order valence-corrected chi connectivity index (χ0v) is 21.9. The molecule has 5 rings (SSSR count). The fourth-order valence-corrected chi connectivity index (χ4v) is 4.99. The van der Waals surface area contributed by atoms with Crippen molar-refractivity contribution in [1.82, 2.24) is 19.2 Å². The van der Waals surface area contributed by atoms with Crippen LogP contribution in [-0.2, 0) is 11.3 Å². The smallest absolute Gasteiger partial charge is 0.222 e. The molecule has 6 nitrogen and oxygen atoms in total. The lowest BCUT2D eigenvalue weighted by molar-refractivity contribution is -0.133. The summed E-state index contributed by atoms with van der Waals surface area (Å²) < 4.78 is 2.20. The van der Waals surface area contributed by atoms with Gasteiger partial charge in [-0.25, -0.2) is 4.98 Å². The normalized spacial score (nSPS) is 14.4. The van der Waals surface area contributed by atoms with Gasteiger partial charge in [0.1, 0.15) is 5.65 Å². The molecular formula is C31H34N4O2. The number of ketones is 1. The highest BCUT2D eigenvalue weighted by molar-refractivity contribution is 5.94. The minimum atomic E-state index is 0.0670. The number of amides is 1. The summed E-state index contributed by atoms with van der Waals surface area (Å²) in [6.45, 7) is 9.74. The number of piperazine rings is 1. The Bertz CT molecular complexity index is 1400. The molecule has 0 N–H and O–H groups in total. The van der Waals surface area contributed by atoms with Crippen LogP contribution in [0, 0.1) is 5.92 Å². The molecule has 0 bridgehead atoms. The van der Waals surface area contributed by atoms with Crippen LogP contribution in [0.1, 0.15) is 43.2 Å². The van der Waals surface area contributed by atoms with Crippen molar-refractivity contribution in [2.24, 2.45) is 5.92 Å². The lowest BCUT2D eigenvalue weighted by Crippen LogP contribution is -2.48. The number of benzene rings is 2. The molecule has 1 amide bonds. The van der Waals surface area contributed by atoms with Crippen molar-refractivity contribution in [1.29, 1.82) is 0 Å². The Labute approximate surface area is 218 Å². The van der Waals surface area contributed by atoms with Crippen molar-refractivity contribution >= 4 is 17.3 Å². The molecule has 1 saturated heterocycles. The Morgan fingerprint density at radius 3 is 2.16 bits per heavy atom. The predicted octanol–water partition coefficient (Wildman–Crippen LogP) is 5.56. The summed E-state index contributed by atoms with van der Waals surface area (Å²) in [4.78, 5) is 33.7. The Balaban J connectivity index is 1.46. The fourth-order valence-electron chi connectivity index (χ4n) is 4.99. The molecular weight excluding hydrogens is 460 g/mol. The molecule has 2 aromatic carbocycles. The van der Waals surface area contributed by atoms with Gasteiger partial charge in [-0.3, -0.25) is 14.5 Å². The highest BCUT2D eigenvalue weighted by Crippen LogP contribution is 2.29. The molecule has 0 spiro atoms. The highest BCUT2D eigenvalue weighted by atomic mass is 16.2. The van der Waals surface area contributed by atoms with Gasteiger partial charge in [0.25, 0.3) is 0 Å². The maximum atomic E-state index is 12.6. The van der Waals surface area contributed by atoms with Crippen LogP contribution in [0.15, 0.2) is 72.9 Å². The van der Waals surface area contributed by atoms with Gasteiger partial charge < -0.3 is 9.30 Å². The third-order valence-electron chi connectivity index (χ3n) is 7.07. The number of hydrogen-bond donors (Lipinski definition) is 0. The zero-order valence-electron chi connectivity index (χ0n) is 21.9. The first-order valence-electron chi connectivity index (χ1n) is 13.1. The summed E-state index contributed by atoms with van der Waals surface area (Å²) in [7, 11) is 0. The molecule has 37 heavy (non-hydrogen) atoms. The lowest BCUT2D eigenvalue weighted by atomic mass is 10.0. The predicted molar refractivity (Wildman–Crippen MR) is 147 cm³/mol. The Kier molecular flexibility index (Phi) is 7.19. The molecule has 0 aliphatic carbocycles. The van der Waals surface area contributed by atoms with E-state index in [0.717, 1.165) is 66.4 Å². The van der Waals surface area contributed by atoms with E-state index in [4.69, 9.17) is 4.98 Å². The maximum absolute atomic E-state index is 12.6. The largest absolute Gasteiger partial charge is 0.340 e. The molecule has 2 aromatic heterocycles. The van der Waals surface area contributed by atoms with Crippen molar-refractivity contribution < 1.29 is 9.59 Å². The van der Waals surface area contributed by atoms with Crippen LogP contribution in [0.25, 0.3) is 28.0 Å². The number of fused-ring (bicyclic) bond motifs is 1. The molecule has 4 aromatic rings. The monoisotopic (exact) mass is 494 g/mol. The number of nitrogens with zero attached hydrogens (tertiary/aromatic N) is 4. The van der Waals surface area contributed by atoms with E-state index >= 15 is 0 Å². The molecule has 0 unspecified atom stereocenters. The number of pyridine rings is 1. The Morgan fingerprint density at radius 1 is 0.838 bits per heavy atom. The van der Waals surface area contributed by atoms with E-state index in [2.05, 4.69) is 53.6 Å². The van der Waals surface area contributed by atoms with Gasteiger partial charge in [-0.15, -0.1) is 0 Å². The number of imidazole rings is 1. The Hall–Kier alpha value is -3.77. The minimum absolute atomic E-state index is 0.0670. The summed E-state index contributed by atoms with van der Waals surface area (Å²) in [5.41, 5.74) is 6.98. The van der Waals surface area contributed by atoms with E-state index in [9.17, 15) is 9.59 Å². The average molecular weight is 495 g/mol. The first kappa shape index (κ1) is 24.9. The van der Waals surface area contributed by atoms with Gasteiger partial charge in [0.2, 0.25) is 5.91 Å². The van der Waals surface area contributed by atoms with Crippen LogP contribution >= 0.6 is 0 Å². The second-order valence-electron chi connectivity index (χ2n) is 10.3. The van der Waals surface area contributed by atoms with Crippen LogP contribution < -0.4 is 0 Å².